The predicted octanol–water partition coefficient (Wildman–Crippen LogP) is 3.10. The number of aromatic nitrogens is 4. The van der Waals surface area contributed by atoms with Gasteiger partial charge in [0.05, 0.1) is 11.9 Å². The number of hydrogen-bond acceptors (Lipinski definition) is 6. The SMILES string of the molecule is Cc1cc(C)n(-c2cc(N/N=C/c3ccc(N(C)C)cc3)nc(C)n2)n1. The summed E-state index contributed by atoms with van der Waals surface area (Å²) in [5, 5.41) is 8.75. The van der Waals surface area contributed by atoms with Crippen LogP contribution in [0.3, 0.4) is 0 Å². The van der Waals surface area contributed by atoms with E-state index in [9.17, 15) is 0 Å². The normalized spacial score (nSPS) is 11.1. The fourth-order valence-electron chi connectivity index (χ4n) is 2.61. The van der Waals surface area contributed by atoms with Crippen molar-refractivity contribution < 1.29 is 0 Å². The minimum atomic E-state index is 0.626. The summed E-state index contributed by atoms with van der Waals surface area (Å²) in [6.07, 6.45) is 1.76. The lowest BCUT2D eigenvalue weighted by Crippen LogP contribution is -2.08. The van der Waals surface area contributed by atoms with Crippen molar-refractivity contribution in [2.45, 2.75) is 20.8 Å². The van der Waals surface area contributed by atoms with Gasteiger partial charge < -0.3 is 4.90 Å². The number of benzene rings is 1. The number of anilines is 2. The van der Waals surface area contributed by atoms with Gasteiger partial charge in [-0.15, -0.1) is 0 Å². The maximum Gasteiger partial charge on any atom is 0.159 e. The average Bonchev–Trinajstić information content (AvgIpc) is 2.93. The second-order valence-electron chi connectivity index (χ2n) is 6.35. The third kappa shape index (κ3) is 4.05. The molecule has 0 atom stereocenters. The molecule has 0 aliphatic heterocycles. The standard InChI is InChI=1S/C19H23N7/c1-13-10-14(2)26(24-13)19-11-18(21-15(3)22-19)23-20-12-16-6-8-17(9-7-16)25(4)5/h6-12H,1-5H3,(H,21,22,23)/b20-12+. The quantitative estimate of drug-likeness (QED) is 0.566. The molecule has 0 aliphatic carbocycles. The highest BCUT2D eigenvalue weighted by Gasteiger charge is 2.08. The van der Waals surface area contributed by atoms with Gasteiger partial charge in [0, 0.05) is 31.5 Å². The summed E-state index contributed by atoms with van der Waals surface area (Å²) in [4.78, 5) is 10.9. The van der Waals surface area contributed by atoms with Gasteiger partial charge in [-0.3, -0.25) is 5.43 Å². The molecule has 0 aliphatic rings. The van der Waals surface area contributed by atoms with Gasteiger partial charge in [0.2, 0.25) is 0 Å². The van der Waals surface area contributed by atoms with Gasteiger partial charge in [-0.05, 0) is 44.5 Å². The largest absolute Gasteiger partial charge is 0.378 e. The molecular formula is C19H23N7. The van der Waals surface area contributed by atoms with Crippen molar-refractivity contribution in [3.05, 3.63) is 59.2 Å². The van der Waals surface area contributed by atoms with Gasteiger partial charge in [0.25, 0.3) is 0 Å². The van der Waals surface area contributed by atoms with E-state index in [1.165, 1.54) is 0 Å². The van der Waals surface area contributed by atoms with Crippen molar-refractivity contribution in [3.63, 3.8) is 0 Å². The molecule has 0 unspecified atom stereocenters. The first kappa shape index (κ1) is 17.6. The molecule has 2 aromatic heterocycles. The molecule has 0 bridgehead atoms. The third-order valence-electron chi connectivity index (χ3n) is 3.85. The molecule has 134 valence electrons. The van der Waals surface area contributed by atoms with E-state index in [0.717, 1.165) is 28.5 Å². The smallest absolute Gasteiger partial charge is 0.159 e. The lowest BCUT2D eigenvalue weighted by molar-refractivity contribution is 0.793. The summed E-state index contributed by atoms with van der Waals surface area (Å²) in [5.74, 6) is 2.00. The van der Waals surface area contributed by atoms with Gasteiger partial charge in [-0.1, -0.05) is 12.1 Å². The second-order valence-corrected chi connectivity index (χ2v) is 6.35. The molecule has 0 saturated carbocycles. The Morgan fingerprint density at radius 2 is 1.77 bits per heavy atom. The highest BCUT2D eigenvalue weighted by Crippen LogP contribution is 2.14. The fraction of sp³-hybridized carbons (Fsp3) is 0.263. The van der Waals surface area contributed by atoms with E-state index in [4.69, 9.17) is 0 Å². The van der Waals surface area contributed by atoms with Crippen molar-refractivity contribution in [3.8, 4) is 5.82 Å². The van der Waals surface area contributed by atoms with Crippen LogP contribution in [0.5, 0.6) is 0 Å². The lowest BCUT2D eigenvalue weighted by atomic mass is 10.2. The zero-order valence-corrected chi connectivity index (χ0v) is 15.7. The van der Waals surface area contributed by atoms with Crippen LogP contribution >= 0.6 is 0 Å². The van der Waals surface area contributed by atoms with E-state index >= 15 is 0 Å². The number of nitrogens with zero attached hydrogens (tertiary/aromatic N) is 6. The molecule has 0 fully saturated rings. The zero-order chi connectivity index (χ0) is 18.7. The van der Waals surface area contributed by atoms with E-state index < -0.39 is 0 Å². The molecule has 1 aromatic carbocycles. The Morgan fingerprint density at radius 3 is 2.38 bits per heavy atom. The summed E-state index contributed by atoms with van der Waals surface area (Å²) in [7, 11) is 4.03. The van der Waals surface area contributed by atoms with Crippen LogP contribution in [0.25, 0.3) is 5.82 Å². The molecule has 0 spiro atoms. The Hall–Kier alpha value is -3.22. The summed E-state index contributed by atoms with van der Waals surface area (Å²) in [6, 6.07) is 12.0. The maximum absolute atomic E-state index is 4.47. The number of aryl methyl sites for hydroxylation is 3. The second kappa shape index (κ2) is 7.35. The highest BCUT2D eigenvalue weighted by atomic mass is 15.3. The maximum atomic E-state index is 4.47. The third-order valence-corrected chi connectivity index (χ3v) is 3.85. The van der Waals surface area contributed by atoms with Crippen molar-refractivity contribution in [1.82, 2.24) is 19.7 Å². The van der Waals surface area contributed by atoms with E-state index in [1.54, 1.807) is 10.9 Å². The number of hydrazone groups is 1. The minimum Gasteiger partial charge on any atom is -0.378 e. The molecule has 3 rings (SSSR count). The fourth-order valence-corrected chi connectivity index (χ4v) is 2.61. The van der Waals surface area contributed by atoms with E-state index in [-0.39, 0.29) is 0 Å². The summed E-state index contributed by atoms with van der Waals surface area (Å²) < 4.78 is 1.80. The Balaban J connectivity index is 1.76. The average molecular weight is 349 g/mol. The number of rotatable bonds is 5. The Bertz CT molecular complexity index is 924. The van der Waals surface area contributed by atoms with Crippen LogP contribution < -0.4 is 10.3 Å². The highest BCUT2D eigenvalue weighted by molar-refractivity contribution is 5.80. The summed E-state index contributed by atoms with van der Waals surface area (Å²) in [5.41, 5.74) is 7.11. The molecule has 26 heavy (non-hydrogen) atoms. The van der Waals surface area contributed by atoms with Gasteiger partial charge in [0.1, 0.15) is 5.82 Å². The molecule has 3 aromatic rings. The molecule has 7 heteroatoms. The van der Waals surface area contributed by atoms with Crippen LogP contribution in [-0.2, 0) is 0 Å². The van der Waals surface area contributed by atoms with Crippen molar-refractivity contribution in [2.24, 2.45) is 5.10 Å². The first-order valence-corrected chi connectivity index (χ1v) is 8.38. The van der Waals surface area contributed by atoms with E-state index in [1.807, 2.05) is 59.1 Å². The molecule has 1 N–H and O–H groups in total. The van der Waals surface area contributed by atoms with Gasteiger partial charge in [-0.25, -0.2) is 14.6 Å². The first-order chi connectivity index (χ1) is 12.4. The van der Waals surface area contributed by atoms with E-state index in [2.05, 4.69) is 42.6 Å². The van der Waals surface area contributed by atoms with Crippen LogP contribution in [0, 0.1) is 20.8 Å². The van der Waals surface area contributed by atoms with Crippen molar-refractivity contribution >= 4 is 17.7 Å². The van der Waals surface area contributed by atoms with Crippen LogP contribution in [0.15, 0.2) is 41.5 Å². The minimum absolute atomic E-state index is 0.626. The van der Waals surface area contributed by atoms with Gasteiger partial charge in [0.15, 0.2) is 11.6 Å². The van der Waals surface area contributed by atoms with Crippen molar-refractivity contribution in [1.29, 1.82) is 0 Å². The van der Waals surface area contributed by atoms with Crippen LogP contribution in [0.1, 0.15) is 22.8 Å². The van der Waals surface area contributed by atoms with Crippen LogP contribution in [0.4, 0.5) is 11.5 Å². The van der Waals surface area contributed by atoms with Crippen molar-refractivity contribution in [2.75, 3.05) is 24.4 Å². The first-order valence-electron chi connectivity index (χ1n) is 8.38. The summed E-state index contributed by atoms with van der Waals surface area (Å²) in [6.45, 7) is 5.81. The zero-order valence-electron chi connectivity index (χ0n) is 15.7. The number of hydrogen-bond donors (Lipinski definition) is 1. The Morgan fingerprint density at radius 1 is 1.04 bits per heavy atom. The molecule has 0 amide bonds. The molecule has 0 radical (unpaired) electrons. The predicted molar refractivity (Wildman–Crippen MR) is 105 cm³/mol. The summed E-state index contributed by atoms with van der Waals surface area (Å²) >= 11 is 0. The van der Waals surface area contributed by atoms with Crippen LogP contribution in [0.2, 0.25) is 0 Å². The number of nitrogens with one attached hydrogen (secondary N) is 1. The van der Waals surface area contributed by atoms with Gasteiger partial charge >= 0.3 is 0 Å². The monoisotopic (exact) mass is 349 g/mol. The molecule has 2 heterocycles. The van der Waals surface area contributed by atoms with E-state index in [0.29, 0.717) is 11.6 Å². The van der Waals surface area contributed by atoms with Gasteiger partial charge in [-0.2, -0.15) is 10.2 Å². The molecule has 7 nitrogen and oxygen atoms in total. The van der Waals surface area contributed by atoms with Crippen LogP contribution in [-0.4, -0.2) is 40.1 Å². The lowest BCUT2D eigenvalue weighted by Gasteiger charge is -2.11. The Labute approximate surface area is 153 Å². The molecular weight excluding hydrogens is 326 g/mol. The Kier molecular flexibility index (Phi) is 4.97. The topological polar surface area (TPSA) is 71.2 Å². The molecule has 0 saturated heterocycles.